The summed E-state index contributed by atoms with van der Waals surface area (Å²) < 4.78 is 0. The van der Waals surface area contributed by atoms with Crippen LogP contribution >= 0.6 is 0 Å². The van der Waals surface area contributed by atoms with Crippen LogP contribution in [0, 0.1) is 5.92 Å². The summed E-state index contributed by atoms with van der Waals surface area (Å²) in [6.45, 7) is 9.54. The minimum Gasteiger partial charge on any atom is -0.299 e. The van der Waals surface area contributed by atoms with Crippen molar-refractivity contribution in [1.82, 2.24) is 0 Å². The fourth-order valence-electron chi connectivity index (χ4n) is 2.07. The second-order valence-electron chi connectivity index (χ2n) is 4.13. The maximum atomic E-state index is 11.5. The first-order valence-corrected chi connectivity index (χ1v) is 5.25. The van der Waals surface area contributed by atoms with Crippen molar-refractivity contribution in [2.75, 3.05) is 0 Å². The molecular weight excluding hydrogens is 184 g/mol. The van der Waals surface area contributed by atoms with Gasteiger partial charge >= 0.3 is 0 Å². The van der Waals surface area contributed by atoms with Gasteiger partial charge in [0.2, 0.25) is 0 Å². The highest BCUT2D eigenvalue weighted by Gasteiger charge is 2.23. The molecule has 15 heavy (non-hydrogen) atoms. The number of carbonyl (C=O) groups is 1. The predicted molar refractivity (Wildman–Crippen MR) is 63.8 cm³/mol. The Morgan fingerprint density at radius 2 is 1.73 bits per heavy atom. The maximum absolute atomic E-state index is 11.5. The molecule has 0 aromatic heterocycles. The molecule has 0 aliphatic carbocycles. The van der Waals surface area contributed by atoms with Gasteiger partial charge in [-0.05, 0) is 25.3 Å². The topological polar surface area (TPSA) is 17.1 Å². The summed E-state index contributed by atoms with van der Waals surface area (Å²) in [6.07, 6.45) is 0. The Morgan fingerprint density at radius 1 is 1.20 bits per heavy atom. The highest BCUT2D eigenvalue weighted by Crippen LogP contribution is 2.29. The Labute approximate surface area is 91.8 Å². The third-order valence-corrected chi connectivity index (χ3v) is 2.79. The molecule has 1 rings (SSSR count). The smallest absolute Gasteiger partial charge is 0.137 e. The van der Waals surface area contributed by atoms with E-state index in [1.165, 1.54) is 5.56 Å². The van der Waals surface area contributed by atoms with Gasteiger partial charge in [0.1, 0.15) is 5.78 Å². The Bertz CT molecular complexity index is 337. The van der Waals surface area contributed by atoms with Crippen molar-refractivity contribution in [3.8, 4) is 0 Å². The molecule has 0 amide bonds. The van der Waals surface area contributed by atoms with E-state index in [1.54, 1.807) is 6.92 Å². The predicted octanol–water partition coefficient (Wildman–Crippen LogP) is 3.57. The second-order valence-corrected chi connectivity index (χ2v) is 4.13. The number of ketones is 1. The fraction of sp³-hybridized carbons (Fsp3) is 0.357. The Hall–Kier alpha value is -1.37. The van der Waals surface area contributed by atoms with Crippen LogP contribution in [0.1, 0.15) is 32.3 Å². The van der Waals surface area contributed by atoms with Crippen LogP contribution < -0.4 is 0 Å². The van der Waals surface area contributed by atoms with Gasteiger partial charge in [0.25, 0.3) is 0 Å². The summed E-state index contributed by atoms with van der Waals surface area (Å²) >= 11 is 0. The van der Waals surface area contributed by atoms with Crippen LogP contribution in [0.3, 0.4) is 0 Å². The van der Waals surface area contributed by atoms with Crippen molar-refractivity contribution in [2.45, 2.75) is 26.7 Å². The minimum atomic E-state index is -0.0626. The average Bonchev–Trinajstić information content (AvgIpc) is 2.18. The molecule has 0 radical (unpaired) electrons. The number of hydrogen-bond donors (Lipinski definition) is 0. The molecule has 1 nitrogen and oxygen atoms in total. The van der Waals surface area contributed by atoms with Crippen LogP contribution in [0.4, 0.5) is 0 Å². The van der Waals surface area contributed by atoms with Gasteiger partial charge in [0.05, 0.1) is 0 Å². The normalized spacial score (nSPS) is 14.3. The van der Waals surface area contributed by atoms with E-state index >= 15 is 0 Å². The number of Topliss-reactive ketones (excluding diaryl/α,β-unsaturated/α-hetero) is 1. The summed E-state index contributed by atoms with van der Waals surface area (Å²) in [5.41, 5.74) is 2.14. The summed E-state index contributed by atoms with van der Waals surface area (Å²) in [5, 5.41) is 0. The first-order valence-electron chi connectivity index (χ1n) is 5.25. The lowest BCUT2D eigenvalue weighted by Crippen LogP contribution is -2.19. The fourth-order valence-corrected chi connectivity index (χ4v) is 2.07. The van der Waals surface area contributed by atoms with E-state index < -0.39 is 0 Å². The molecular formula is C14H18O. The van der Waals surface area contributed by atoms with E-state index in [2.05, 4.69) is 25.6 Å². The van der Waals surface area contributed by atoms with Crippen LogP contribution in [0.15, 0.2) is 42.5 Å². The van der Waals surface area contributed by atoms with Gasteiger partial charge in [-0.2, -0.15) is 0 Å². The van der Waals surface area contributed by atoms with Crippen LogP contribution in [-0.4, -0.2) is 5.78 Å². The minimum absolute atomic E-state index is 0.0626. The summed E-state index contributed by atoms with van der Waals surface area (Å²) in [6, 6.07) is 10.1. The SMILES string of the molecule is C=C(C)[C@@H](C(C)=O)[C@H](C)c1ccccc1. The molecule has 1 aromatic carbocycles. The molecule has 80 valence electrons. The quantitative estimate of drug-likeness (QED) is 0.682. The van der Waals surface area contributed by atoms with Gasteiger partial charge in [-0.15, -0.1) is 0 Å². The van der Waals surface area contributed by atoms with E-state index in [1.807, 2.05) is 25.1 Å². The molecule has 0 saturated heterocycles. The molecule has 0 spiro atoms. The van der Waals surface area contributed by atoms with E-state index in [4.69, 9.17) is 0 Å². The van der Waals surface area contributed by atoms with Gasteiger partial charge in [-0.1, -0.05) is 49.4 Å². The highest BCUT2D eigenvalue weighted by atomic mass is 16.1. The maximum Gasteiger partial charge on any atom is 0.137 e. The molecule has 1 heteroatoms. The molecule has 0 unspecified atom stereocenters. The molecule has 0 fully saturated rings. The highest BCUT2D eigenvalue weighted by molar-refractivity contribution is 5.82. The largest absolute Gasteiger partial charge is 0.299 e. The van der Waals surface area contributed by atoms with Gasteiger partial charge in [0.15, 0.2) is 0 Å². The number of benzene rings is 1. The van der Waals surface area contributed by atoms with Crippen molar-refractivity contribution in [3.63, 3.8) is 0 Å². The van der Waals surface area contributed by atoms with Crippen molar-refractivity contribution >= 4 is 5.78 Å². The first kappa shape index (κ1) is 11.7. The van der Waals surface area contributed by atoms with Gasteiger partial charge in [-0.3, -0.25) is 4.79 Å². The lowest BCUT2D eigenvalue weighted by Gasteiger charge is -2.22. The first-order chi connectivity index (χ1) is 7.04. The number of rotatable bonds is 4. The van der Waals surface area contributed by atoms with E-state index in [9.17, 15) is 4.79 Å². The third-order valence-electron chi connectivity index (χ3n) is 2.79. The van der Waals surface area contributed by atoms with Gasteiger partial charge in [-0.25, -0.2) is 0 Å². The van der Waals surface area contributed by atoms with E-state index in [-0.39, 0.29) is 17.6 Å². The van der Waals surface area contributed by atoms with E-state index in [0.717, 1.165) is 5.57 Å². The van der Waals surface area contributed by atoms with Crippen molar-refractivity contribution in [2.24, 2.45) is 5.92 Å². The van der Waals surface area contributed by atoms with Gasteiger partial charge < -0.3 is 0 Å². The monoisotopic (exact) mass is 202 g/mol. The Balaban J connectivity index is 2.96. The molecule has 0 bridgehead atoms. The summed E-state index contributed by atoms with van der Waals surface area (Å²) in [4.78, 5) is 11.5. The molecule has 0 aliphatic heterocycles. The van der Waals surface area contributed by atoms with Crippen molar-refractivity contribution in [1.29, 1.82) is 0 Å². The molecule has 0 saturated carbocycles. The lowest BCUT2D eigenvalue weighted by molar-refractivity contribution is -0.120. The third kappa shape index (κ3) is 2.79. The zero-order chi connectivity index (χ0) is 11.4. The van der Waals surface area contributed by atoms with Crippen molar-refractivity contribution in [3.05, 3.63) is 48.0 Å². The van der Waals surface area contributed by atoms with Crippen LogP contribution in [0.2, 0.25) is 0 Å². The van der Waals surface area contributed by atoms with Crippen LogP contribution in [0.25, 0.3) is 0 Å². The van der Waals surface area contributed by atoms with Gasteiger partial charge in [0, 0.05) is 5.92 Å². The average molecular weight is 202 g/mol. The molecule has 0 aliphatic rings. The molecule has 0 heterocycles. The molecule has 0 N–H and O–H groups in total. The number of allylic oxidation sites excluding steroid dienone is 1. The zero-order valence-electron chi connectivity index (χ0n) is 9.66. The number of carbonyl (C=O) groups excluding carboxylic acids is 1. The zero-order valence-corrected chi connectivity index (χ0v) is 9.66. The van der Waals surface area contributed by atoms with Crippen molar-refractivity contribution < 1.29 is 4.79 Å². The summed E-state index contributed by atoms with van der Waals surface area (Å²) in [5.74, 6) is 0.340. The Morgan fingerprint density at radius 3 is 2.13 bits per heavy atom. The van der Waals surface area contributed by atoms with Crippen LogP contribution in [0.5, 0.6) is 0 Å². The summed E-state index contributed by atoms with van der Waals surface area (Å²) in [7, 11) is 0. The standard InChI is InChI=1S/C14H18O/c1-10(2)14(12(4)15)11(3)13-8-6-5-7-9-13/h5-9,11,14H,1H2,2-4H3/t11-,14-/m1/s1. The Kier molecular flexibility index (Phi) is 3.84. The molecule has 2 atom stereocenters. The second kappa shape index (κ2) is 4.92. The molecule has 1 aromatic rings. The van der Waals surface area contributed by atoms with Crippen LogP contribution in [-0.2, 0) is 4.79 Å². The lowest BCUT2D eigenvalue weighted by atomic mass is 9.81. The van der Waals surface area contributed by atoms with E-state index in [0.29, 0.717) is 0 Å². The number of hydrogen-bond acceptors (Lipinski definition) is 1.